The molecule has 1 aliphatic heterocycles. The highest BCUT2D eigenvalue weighted by Crippen LogP contribution is 2.23. The highest BCUT2D eigenvalue weighted by molar-refractivity contribution is 5.44. The van der Waals surface area contributed by atoms with E-state index in [4.69, 9.17) is 0 Å². The maximum Gasteiger partial charge on any atom is 0.573 e. The summed E-state index contributed by atoms with van der Waals surface area (Å²) in [5.41, 5.74) is 2.23. The van der Waals surface area contributed by atoms with Crippen LogP contribution in [0.3, 0.4) is 0 Å². The van der Waals surface area contributed by atoms with E-state index in [0.29, 0.717) is 6.04 Å². The first-order valence-electron chi connectivity index (χ1n) is 9.83. The highest BCUT2D eigenvalue weighted by atomic mass is 19.4. The van der Waals surface area contributed by atoms with Crippen LogP contribution in [0.25, 0.3) is 0 Å². The largest absolute Gasteiger partial charge is 0.573 e. The van der Waals surface area contributed by atoms with Gasteiger partial charge in [0.15, 0.2) is 0 Å². The fraction of sp³-hybridized carbons (Fsp3) is 0.455. The van der Waals surface area contributed by atoms with E-state index in [1.807, 2.05) is 6.07 Å². The number of para-hydroxylation sites is 1. The lowest BCUT2D eigenvalue weighted by Gasteiger charge is -2.24. The van der Waals surface area contributed by atoms with Crippen molar-refractivity contribution in [2.75, 3.05) is 45.3 Å². The Morgan fingerprint density at radius 1 is 1.07 bits per heavy atom. The Balaban J connectivity index is 1.42. The molecular formula is C22H28F3N3O. The summed E-state index contributed by atoms with van der Waals surface area (Å²) in [6.07, 6.45) is -2.76. The molecule has 0 N–H and O–H groups in total. The molecule has 0 spiro atoms. The Kier molecular flexibility index (Phi) is 7.03. The molecule has 0 aromatic heterocycles. The number of hydrogen-bond donors (Lipinski definition) is 0. The number of rotatable bonds is 8. The van der Waals surface area contributed by atoms with Crippen molar-refractivity contribution in [1.29, 1.82) is 0 Å². The minimum atomic E-state index is -4.65. The zero-order chi connectivity index (χ0) is 20.9. The molecule has 4 nitrogen and oxygen atoms in total. The molecule has 1 unspecified atom stereocenters. The lowest BCUT2D eigenvalue weighted by atomic mass is 10.1. The molecular weight excluding hydrogens is 379 g/mol. The van der Waals surface area contributed by atoms with Crippen molar-refractivity contribution in [2.24, 2.45) is 0 Å². The maximum atomic E-state index is 12.2. The van der Waals surface area contributed by atoms with Gasteiger partial charge in [0, 0.05) is 38.4 Å². The Labute approximate surface area is 170 Å². The van der Waals surface area contributed by atoms with Gasteiger partial charge < -0.3 is 9.64 Å². The summed E-state index contributed by atoms with van der Waals surface area (Å²) < 4.78 is 40.6. The highest BCUT2D eigenvalue weighted by Gasteiger charge is 2.31. The molecule has 1 fully saturated rings. The molecule has 0 amide bonds. The third kappa shape index (κ3) is 6.65. The molecule has 0 aliphatic carbocycles. The normalized spacial score (nSPS) is 18.2. The van der Waals surface area contributed by atoms with E-state index in [1.165, 1.54) is 17.8 Å². The number of benzene rings is 2. The monoisotopic (exact) mass is 407 g/mol. The van der Waals surface area contributed by atoms with E-state index in [9.17, 15) is 13.2 Å². The van der Waals surface area contributed by atoms with Gasteiger partial charge in [-0.1, -0.05) is 30.3 Å². The Morgan fingerprint density at radius 2 is 1.76 bits per heavy atom. The molecule has 0 saturated carbocycles. The summed E-state index contributed by atoms with van der Waals surface area (Å²) in [6.45, 7) is 3.80. The third-order valence-electron chi connectivity index (χ3n) is 5.38. The van der Waals surface area contributed by atoms with E-state index in [-0.39, 0.29) is 5.75 Å². The van der Waals surface area contributed by atoms with Crippen molar-refractivity contribution in [3.05, 3.63) is 60.2 Å². The number of ether oxygens (including phenoxy) is 1. The molecule has 2 aromatic rings. The minimum absolute atomic E-state index is 0.176. The van der Waals surface area contributed by atoms with Crippen LogP contribution in [-0.4, -0.2) is 62.6 Å². The van der Waals surface area contributed by atoms with Crippen LogP contribution in [0.5, 0.6) is 5.75 Å². The van der Waals surface area contributed by atoms with Gasteiger partial charge in [-0.3, -0.25) is 9.80 Å². The summed E-state index contributed by atoms with van der Waals surface area (Å²) in [5, 5.41) is 0. The van der Waals surface area contributed by atoms with E-state index >= 15 is 0 Å². The minimum Gasteiger partial charge on any atom is -0.406 e. The second-order valence-corrected chi connectivity index (χ2v) is 7.62. The van der Waals surface area contributed by atoms with Crippen molar-refractivity contribution < 1.29 is 17.9 Å². The maximum absolute atomic E-state index is 12.2. The Morgan fingerprint density at radius 3 is 2.41 bits per heavy atom. The average Bonchev–Trinajstić information content (AvgIpc) is 3.04. The first-order chi connectivity index (χ1) is 13.8. The Hall–Kier alpha value is -2.25. The van der Waals surface area contributed by atoms with Crippen LogP contribution in [0.4, 0.5) is 18.9 Å². The molecule has 29 heavy (non-hydrogen) atoms. The van der Waals surface area contributed by atoms with Crippen LogP contribution in [0.15, 0.2) is 54.6 Å². The quantitative estimate of drug-likeness (QED) is 0.652. The van der Waals surface area contributed by atoms with Crippen LogP contribution >= 0.6 is 0 Å². The zero-order valence-electron chi connectivity index (χ0n) is 16.9. The Bertz CT molecular complexity index is 752. The van der Waals surface area contributed by atoms with Crippen LogP contribution in [0, 0.1) is 0 Å². The second-order valence-electron chi connectivity index (χ2n) is 7.62. The number of halogens is 3. The number of likely N-dealkylation sites (N-methyl/N-ethyl adjacent to an activating group) is 1. The van der Waals surface area contributed by atoms with E-state index in [1.54, 1.807) is 12.1 Å². The lowest BCUT2D eigenvalue weighted by molar-refractivity contribution is -0.274. The van der Waals surface area contributed by atoms with Gasteiger partial charge in [0.05, 0.1) is 6.67 Å². The van der Waals surface area contributed by atoms with Gasteiger partial charge in [-0.2, -0.15) is 0 Å². The van der Waals surface area contributed by atoms with E-state index in [2.05, 4.69) is 57.8 Å². The van der Waals surface area contributed by atoms with Crippen molar-refractivity contribution >= 4 is 5.69 Å². The number of nitrogens with zero attached hydrogens (tertiary/aromatic N) is 3. The number of alkyl halides is 3. The summed E-state index contributed by atoms with van der Waals surface area (Å²) >= 11 is 0. The van der Waals surface area contributed by atoms with Gasteiger partial charge in [-0.25, -0.2) is 0 Å². The second kappa shape index (κ2) is 9.50. The van der Waals surface area contributed by atoms with Crippen LogP contribution in [-0.2, 0) is 6.42 Å². The summed E-state index contributed by atoms with van der Waals surface area (Å²) in [5.74, 6) is -0.176. The van der Waals surface area contributed by atoms with Gasteiger partial charge in [-0.15, -0.1) is 13.2 Å². The topological polar surface area (TPSA) is 19.0 Å². The average molecular weight is 407 g/mol. The van der Waals surface area contributed by atoms with E-state index in [0.717, 1.165) is 44.7 Å². The smallest absolute Gasteiger partial charge is 0.406 e. The molecule has 1 saturated heterocycles. The fourth-order valence-electron chi connectivity index (χ4n) is 3.70. The standard InChI is InChI=1S/C22H28F3N3O/c1-26(19-6-4-3-5-7-19)14-13-20-16-28(17-27(20)2)15-12-18-8-10-21(11-9-18)29-22(23,24)25/h3-11,20H,12-17H2,1-2H3. The predicted octanol–water partition coefficient (Wildman–Crippen LogP) is 4.23. The first-order valence-corrected chi connectivity index (χ1v) is 9.83. The molecule has 1 aliphatic rings. The molecule has 3 rings (SSSR count). The van der Waals surface area contributed by atoms with Crippen molar-refractivity contribution in [1.82, 2.24) is 9.80 Å². The molecule has 1 atom stereocenters. The SMILES string of the molecule is CN(CCC1CN(CCc2ccc(OC(F)(F)F)cc2)CN1C)c1ccccc1. The van der Waals surface area contributed by atoms with Crippen molar-refractivity contribution in [3.8, 4) is 5.75 Å². The molecule has 1 heterocycles. The van der Waals surface area contributed by atoms with Crippen molar-refractivity contribution in [2.45, 2.75) is 25.2 Å². The molecule has 0 bridgehead atoms. The third-order valence-corrected chi connectivity index (χ3v) is 5.38. The van der Waals surface area contributed by atoms with Gasteiger partial charge >= 0.3 is 6.36 Å². The van der Waals surface area contributed by atoms with Crippen LogP contribution in [0.1, 0.15) is 12.0 Å². The summed E-state index contributed by atoms with van der Waals surface area (Å²) in [7, 11) is 4.27. The van der Waals surface area contributed by atoms with Gasteiger partial charge in [0.25, 0.3) is 0 Å². The zero-order valence-corrected chi connectivity index (χ0v) is 16.9. The lowest BCUT2D eigenvalue weighted by Crippen LogP contribution is -2.31. The van der Waals surface area contributed by atoms with Crippen molar-refractivity contribution in [3.63, 3.8) is 0 Å². The molecule has 2 aromatic carbocycles. The van der Waals surface area contributed by atoms with Gasteiger partial charge in [-0.05, 0) is 49.7 Å². The van der Waals surface area contributed by atoms with Crippen LogP contribution < -0.4 is 9.64 Å². The summed E-state index contributed by atoms with van der Waals surface area (Å²) in [4.78, 5) is 7.05. The summed E-state index contributed by atoms with van der Waals surface area (Å²) in [6, 6.07) is 17.0. The van der Waals surface area contributed by atoms with Crippen LogP contribution in [0.2, 0.25) is 0 Å². The van der Waals surface area contributed by atoms with Gasteiger partial charge in [0.2, 0.25) is 0 Å². The van der Waals surface area contributed by atoms with E-state index < -0.39 is 6.36 Å². The first kappa shape index (κ1) is 21.5. The molecule has 158 valence electrons. The molecule has 7 heteroatoms. The number of anilines is 1. The molecule has 0 radical (unpaired) electrons. The van der Waals surface area contributed by atoms with Gasteiger partial charge in [0.1, 0.15) is 5.75 Å². The fourth-order valence-corrected chi connectivity index (χ4v) is 3.70. The number of hydrogen-bond acceptors (Lipinski definition) is 4. The predicted molar refractivity (Wildman–Crippen MR) is 109 cm³/mol.